The Bertz CT molecular complexity index is 1140. The molecule has 2 N–H and O–H groups in total. The maximum atomic E-state index is 12.5. The lowest BCUT2D eigenvalue weighted by Gasteiger charge is -2.10. The molecule has 4 rings (SSSR count). The lowest BCUT2D eigenvalue weighted by Crippen LogP contribution is -2.13. The van der Waals surface area contributed by atoms with Crippen molar-refractivity contribution in [1.82, 2.24) is 19.9 Å². The molecule has 0 aliphatic heterocycles. The van der Waals surface area contributed by atoms with E-state index in [1.54, 1.807) is 11.3 Å². The molecule has 0 bridgehead atoms. The number of aromatic amines is 1. The number of thiophene rings is 1. The number of thioether (sulfide) groups is 1. The van der Waals surface area contributed by atoms with Gasteiger partial charge in [-0.15, -0.1) is 11.3 Å². The fraction of sp³-hybridized carbons (Fsp3) is 0.238. The van der Waals surface area contributed by atoms with Crippen LogP contribution in [0.15, 0.2) is 40.9 Å². The SMILES string of the molecule is CSc1nc(C)c(CCC(=O)Nc2ccc3nc(-c4cccs4)[nH]c3c2)c(C)n1. The van der Waals surface area contributed by atoms with E-state index in [0.717, 1.165) is 49.5 Å². The number of anilines is 1. The summed E-state index contributed by atoms with van der Waals surface area (Å²) in [5, 5.41) is 5.77. The highest BCUT2D eigenvalue weighted by Gasteiger charge is 2.12. The van der Waals surface area contributed by atoms with E-state index in [0.29, 0.717) is 12.8 Å². The van der Waals surface area contributed by atoms with Gasteiger partial charge in [-0.05, 0) is 61.7 Å². The molecule has 0 spiro atoms. The summed E-state index contributed by atoms with van der Waals surface area (Å²) in [7, 11) is 0. The molecule has 1 aromatic carbocycles. The number of benzene rings is 1. The Morgan fingerprint density at radius 1 is 1.17 bits per heavy atom. The van der Waals surface area contributed by atoms with Crippen LogP contribution in [-0.4, -0.2) is 32.1 Å². The van der Waals surface area contributed by atoms with Gasteiger partial charge in [0, 0.05) is 23.5 Å². The van der Waals surface area contributed by atoms with E-state index in [1.165, 1.54) is 11.8 Å². The van der Waals surface area contributed by atoms with Crippen LogP contribution >= 0.6 is 23.1 Å². The van der Waals surface area contributed by atoms with Crippen LogP contribution in [0.2, 0.25) is 0 Å². The minimum atomic E-state index is -0.0323. The minimum Gasteiger partial charge on any atom is -0.337 e. The largest absolute Gasteiger partial charge is 0.337 e. The molecule has 3 aromatic heterocycles. The number of hydrogen-bond acceptors (Lipinski definition) is 6. The first-order valence-corrected chi connectivity index (χ1v) is 11.4. The first-order valence-electron chi connectivity index (χ1n) is 9.25. The first kappa shape index (κ1) is 19.6. The molecular weight excluding hydrogens is 402 g/mol. The number of carbonyl (C=O) groups is 1. The summed E-state index contributed by atoms with van der Waals surface area (Å²) in [6.07, 6.45) is 2.96. The fourth-order valence-electron chi connectivity index (χ4n) is 3.24. The third-order valence-electron chi connectivity index (χ3n) is 4.71. The molecule has 1 amide bonds. The summed E-state index contributed by atoms with van der Waals surface area (Å²) < 4.78 is 0. The van der Waals surface area contributed by atoms with Gasteiger partial charge < -0.3 is 10.3 Å². The van der Waals surface area contributed by atoms with Crippen molar-refractivity contribution in [3.63, 3.8) is 0 Å². The topological polar surface area (TPSA) is 83.6 Å². The third kappa shape index (κ3) is 4.33. The second-order valence-corrected chi connectivity index (χ2v) is 8.42. The van der Waals surface area contributed by atoms with Crippen LogP contribution < -0.4 is 5.32 Å². The molecule has 4 aromatic rings. The summed E-state index contributed by atoms with van der Waals surface area (Å²) in [6, 6.07) is 9.75. The van der Waals surface area contributed by atoms with Gasteiger partial charge in [-0.3, -0.25) is 4.79 Å². The molecule has 0 fully saturated rings. The molecular formula is C21H21N5OS2. The van der Waals surface area contributed by atoms with Crippen LogP contribution in [-0.2, 0) is 11.2 Å². The van der Waals surface area contributed by atoms with E-state index < -0.39 is 0 Å². The Balaban J connectivity index is 1.44. The molecule has 0 aliphatic rings. The van der Waals surface area contributed by atoms with E-state index in [2.05, 4.69) is 25.3 Å². The molecule has 0 aliphatic carbocycles. The number of carbonyl (C=O) groups excluding carboxylic acids is 1. The number of nitrogens with zero attached hydrogens (tertiary/aromatic N) is 3. The third-order valence-corrected chi connectivity index (χ3v) is 6.13. The molecule has 0 atom stereocenters. The van der Waals surface area contributed by atoms with E-state index in [-0.39, 0.29) is 5.91 Å². The normalized spacial score (nSPS) is 11.1. The first-order chi connectivity index (χ1) is 14.0. The summed E-state index contributed by atoms with van der Waals surface area (Å²) in [5.41, 5.74) is 5.46. The Morgan fingerprint density at radius 2 is 1.97 bits per heavy atom. The smallest absolute Gasteiger partial charge is 0.224 e. The highest BCUT2D eigenvalue weighted by molar-refractivity contribution is 7.98. The zero-order chi connectivity index (χ0) is 20.4. The molecule has 6 nitrogen and oxygen atoms in total. The predicted octanol–water partition coefficient (Wildman–Crippen LogP) is 4.99. The number of aromatic nitrogens is 4. The van der Waals surface area contributed by atoms with Crippen molar-refractivity contribution >= 4 is 45.7 Å². The number of amides is 1. The van der Waals surface area contributed by atoms with Crippen LogP contribution in [0.5, 0.6) is 0 Å². The number of rotatable bonds is 6. The van der Waals surface area contributed by atoms with Gasteiger partial charge in [-0.25, -0.2) is 15.0 Å². The zero-order valence-corrected chi connectivity index (χ0v) is 18.1. The summed E-state index contributed by atoms with van der Waals surface area (Å²) in [6.45, 7) is 3.94. The Labute approximate surface area is 177 Å². The van der Waals surface area contributed by atoms with E-state index >= 15 is 0 Å². The quantitative estimate of drug-likeness (QED) is 0.337. The average Bonchev–Trinajstić information content (AvgIpc) is 3.36. The van der Waals surface area contributed by atoms with E-state index in [4.69, 9.17) is 0 Å². The van der Waals surface area contributed by atoms with Crippen LogP contribution in [0.3, 0.4) is 0 Å². The minimum absolute atomic E-state index is 0.0323. The molecule has 3 heterocycles. The predicted molar refractivity (Wildman–Crippen MR) is 120 cm³/mol. The Kier molecular flexibility index (Phi) is 5.64. The molecule has 0 saturated heterocycles. The van der Waals surface area contributed by atoms with Gasteiger partial charge >= 0.3 is 0 Å². The average molecular weight is 424 g/mol. The van der Waals surface area contributed by atoms with Crippen molar-refractivity contribution in [3.05, 3.63) is 52.7 Å². The van der Waals surface area contributed by atoms with Gasteiger partial charge in [0.2, 0.25) is 5.91 Å². The zero-order valence-electron chi connectivity index (χ0n) is 16.4. The molecule has 148 valence electrons. The molecule has 0 unspecified atom stereocenters. The highest BCUT2D eigenvalue weighted by atomic mass is 32.2. The van der Waals surface area contributed by atoms with Crippen LogP contribution in [0, 0.1) is 13.8 Å². The van der Waals surface area contributed by atoms with Crippen molar-refractivity contribution in [2.24, 2.45) is 0 Å². The van der Waals surface area contributed by atoms with Crippen LogP contribution in [0.25, 0.3) is 21.7 Å². The molecule has 0 saturated carbocycles. The monoisotopic (exact) mass is 423 g/mol. The number of nitrogens with one attached hydrogen (secondary N) is 2. The number of H-pyrrole nitrogens is 1. The van der Waals surface area contributed by atoms with E-state index in [9.17, 15) is 4.79 Å². The van der Waals surface area contributed by atoms with Gasteiger partial charge in [-0.2, -0.15) is 0 Å². The maximum Gasteiger partial charge on any atom is 0.224 e. The van der Waals surface area contributed by atoms with Gasteiger partial charge in [-0.1, -0.05) is 17.8 Å². The number of imidazole rings is 1. The summed E-state index contributed by atoms with van der Waals surface area (Å²) >= 11 is 3.16. The van der Waals surface area contributed by atoms with Gasteiger partial charge in [0.1, 0.15) is 5.82 Å². The fourth-order valence-corrected chi connectivity index (χ4v) is 4.37. The number of fused-ring (bicyclic) bond motifs is 1. The maximum absolute atomic E-state index is 12.5. The van der Waals surface area contributed by atoms with E-state index in [1.807, 2.05) is 55.8 Å². The summed E-state index contributed by atoms with van der Waals surface area (Å²) in [5.74, 6) is 0.813. The van der Waals surface area contributed by atoms with Gasteiger partial charge in [0.15, 0.2) is 5.16 Å². The van der Waals surface area contributed by atoms with Gasteiger partial charge in [0.05, 0.1) is 15.9 Å². The second-order valence-electron chi connectivity index (χ2n) is 6.70. The van der Waals surface area contributed by atoms with Crippen molar-refractivity contribution in [2.45, 2.75) is 31.8 Å². The Morgan fingerprint density at radius 3 is 2.66 bits per heavy atom. The Hall–Kier alpha value is -2.71. The second kappa shape index (κ2) is 8.34. The van der Waals surface area contributed by atoms with Crippen LogP contribution in [0.4, 0.5) is 5.69 Å². The lowest BCUT2D eigenvalue weighted by atomic mass is 10.1. The van der Waals surface area contributed by atoms with Gasteiger partial charge in [0.25, 0.3) is 0 Å². The van der Waals surface area contributed by atoms with Crippen molar-refractivity contribution < 1.29 is 4.79 Å². The van der Waals surface area contributed by atoms with Crippen molar-refractivity contribution in [3.8, 4) is 10.7 Å². The lowest BCUT2D eigenvalue weighted by molar-refractivity contribution is -0.116. The molecule has 8 heteroatoms. The molecule has 29 heavy (non-hydrogen) atoms. The van der Waals surface area contributed by atoms with Crippen LogP contribution in [0.1, 0.15) is 23.4 Å². The van der Waals surface area contributed by atoms with Crippen molar-refractivity contribution in [1.29, 1.82) is 0 Å². The standard InChI is InChI=1S/C21H21N5OS2/c1-12-15(13(2)23-21(22-12)28-3)7-9-19(27)24-14-6-8-16-17(11-14)26-20(25-16)18-5-4-10-29-18/h4-6,8,10-11H,7,9H2,1-3H3,(H,24,27)(H,25,26). The number of hydrogen-bond donors (Lipinski definition) is 2. The van der Waals surface area contributed by atoms with Crippen molar-refractivity contribution in [2.75, 3.05) is 11.6 Å². The highest BCUT2D eigenvalue weighted by Crippen LogP contribution is 2.26. The number of aryl methyl sites for hydroxylation is 2. The molecule has 0 radical (unpaired) electrons. The summed E-state index contributed by atoms with van der Waals surface area (Å²) in [4.78, 5) is 30.5.